The van der Waals surface area contributed by atoms with Gasteiger partial charge in [0, 0.05) is 5.56 Å². The van der Waals surface area contributed by atoms with Gasteiger partial charge >= 0.3 is 5.97 Å². The molecule has 0 aliphatic rings. The molecule has 2 aromatic carbocycles. The maximum absolute atomic E-state index is 14.1. The summed E-state index contributed by atoms with van der Waals surface area (Å²) in [5.41, 5.74) is 0.644. The number of carboxylic acid groups (broad SMARTS) is 1. The van der Waals surface area contributed by atoms with Crippen LogP contribution in [0.25, 0.3) is 0 Å². The lowest BCUT2D eigenvalue weighted by molar-refractivity contribution is -0.129. The molecule has 0 bridgehead atoms. The standard InChI is InChI=1S/C17H16FNO4/c1-11-6-3-4-9-14(11)23-10-12-7-5-8-13(18)15(12)16(17(20)21)19-22-2/h3-9H,10H2,1-2H3,(H,20,21). The third-order valence-electron chi connectivity index (χ3n) is 3.20. The minimum absolute atomic E-state index is 0.00790. The number of ether oxygens (including phenoxy) is 1. The van der Waals surface area contributed by atoms with E-state index in [1.54, 1.807) is 12.1 Å². The number of aryl methyl sites for hydroxylation is 1. The van der Waals surface area contributed by atoms with Crippen LogP contribution in [0.5, 0.6) is 5.75 Å². The second-order valence-corrected chi connectivity index (χ2v) is 4.76. The summed E-state index contributed by atoms with van der Waals surface area (Å²) >= 11 is 0. The zero-order chi connectivity index (χ0) is 16.8. The molecule has 5 nitrogen and oxygen atoms in total. The second-order valence-electron chi connectivity index (χ2n) is 4.76. The van der Waals surface area contributed by atoms with Crippen LogP contribution in [0.15, 0.2) is 47.6 Å². The fourth-order valence-electron chi connectivity index (χ4n) is 2.11. The molecule has 23 heavy (non-hydrogen) atoms. The molecular weight excluding hydrogens is 301 g/mol. The average molecular weight is 317 g/mol. The summed E-state index contributed by atoms with van der Waals surface area (Å²) in [6.45, 7) is 1.89. The summed E-state index contributed by atoms with van der Waals surface area (Å²) < 4.78 is 19.8. The third kappa shape index (κ3) is 3.85. The summed E-state index contributed by atoms with van der Waals surface area (Å²) in [6.07, 6.45) is 0. The summed E-state index contributed by atoms with van der Waals surface area (Å²) in [4.78, 5) is 15.8. The number of carbonyl (C=O) groups is 1. The number of rotatable bonds is 6. The molecule has 0 aliphatic carbocycles. The van der Waals surface area contributed by atoms with Gasteiger partial charge in [0.15, 0.2) is 5.71 Å². The van der Waals surface area contributed by atoms with Crippen molar-refractivity contribution in [2.45, 2.75) is 13.5 Å². The van der Waals surface area contributed by atoms with Crippen molar-refractivity contribution in [1.82, 2.24) is 0 Å². The maximum Gasteiger partial charge on any atom is 0.358 e. The van der Waals surface area contributed by atoms with E-state index in [2.05, 4.69) is 9.99 Å². The molecule has 0 aliphatic heterocycles. The molecule has 2 aromatic rings. The number of carboxylic acids is 1. The Morgan fingerprint density at radius 2 is 1.96 bits per heavy atom. The predicted octanol–water partition coefficient (Wildman–Crippen LogP) is 3.15. The summed E-state index contributed by atoms with van der Waals surface area (Å²) in [5, 5.41) is 12.6. The van der Waals surface area contributed by atoms with Gasteiger partial charge in [-0.05, 0) is 24.6 Å². The number of benzene rings is 2. The van der Waals surface area contributed by atoms with E-state index in [0.29, 0.717) is 11.3 Å². The number of halogens is 1. The van der Waals surface area contributed by atoms with Gasteiger partial charge < -0.3 is 14.7 Å². The molecule has 120 valence electrons. The average Bonchev–Trinajstić information content (AvgIpc) is 2.52. The Bertz CT molecular complexity index is 743. The van der Waals surface area contributed by atoms with Gasteiger partial charge in [-0.15, -0.1) is 0 Å². The highest BCUT2D eigenvalue weighted by molar-refractivity contribution is 6.42. The molecule has 0 atom stereocenters. The Hall–Kier alpha value is -2.89. The number of aliphatic carboxylic acids is 1. The van der Waals surface area contributed by atoms with Gasteiger partial charge in [-0.25, -0.2) is 9.18 Å². The maximum atomic E-state index is 14.1. The monoisotopic (exact) mass is 317 g/mol. The van der Waals surface area contributed by atoms with Gasteiger partial charge in [-0.3, -0.25) is 0 Å². The molecule has 0 saturated carbocycles. The van der Waals surface area contributed by atoms with Crippen molar-refractivity contribution in [2.75, 3.05) is 7.11 Å². The van der Waals surface area contributed by atoms with Gasteiger partial charge in [0.05, 0.1) is 5.56 Å². The quantitative estimate of drug-likeness (QED) is 0.656. The van der Waals surface area contributed by atoms with E-state index in [9.17, 15) is 14.3 Å². The molecule has 0 amide bonds. The lowest BCUT2D eigenvalue weighted by Crippen LogP contribution is -2.19. The Morgan fingerprint density at radius 1 is 1.22 bits per heavy atom. The highest BCUT2D eigenvalue weighted by Gasteiger charge is 2.22. The number of hydrogen-bond donors (Lipinski definition) is 1. The SMILES string of the molecule is CON=C(C(=O)O)c1c(F)cccc1COc1ccccc1C. The van der Waals surface area contributed by atoms with Gasteiger partial charge in [0.25, 0.3) is 0 Å². The number of para-hydroxylation sites is 1. The summed E-state index contributed by atoms with van der Waals surface area (Å²) in [7, 11) is 1.20. The van der Waals surface area contributed by atoms with E-state index in [4.69, 9.17) is 4.74 Å². The van der Waals surface area contributed by atoms with Crippen molar-refractivity contribution in [3.05, 3.63) is 65.0 Å². The van der Waals surface area contributed by atoms with Crippen molar-refractivity contribution in [1.29, 1.82) is 0 Å². The van der Waals surface area contributed by atoms with E-state index in [1.807, 2.05) is 25.1 Å². The molecule has 2 rings (SSSR count). The molecule has 0 fully saturated rings. The van der Waals surface area contributed by atoms with Crippen molar-refractivity contribution >= 4 is 11.7 Å². The van der Waals surface area contributed by atoms with E-state index >= 15 is 0 Å². The lowest BCUT2D eigenvalue weighted by atomic mass is 10.0. The van der Waals surface area contributed by atoms with Crippen molar-refractivity contribution in [3.63, 3.8) is 0 Å². The molecule has 0 saturated heterocycles. The molecule has 0 unspecified atom stereocenters. The number of hydrogen-bond acceptors (Lipinski definition) is 4. The highest BCUT2D eigenvalue weighted by atomic mass is 19.1. The molecular formula is C17H16FNO4. The first-order chi connectivity index (χ1) is 11.0. The highest BCUT2D eigenvalue weighted by Crippen LogP contribution is 2.21. The van der Waals surface area contributed by atoms with Gasteiger partial charge in [0.1, 0.15) is 25.3 Å². The van der Waals surface area contributed by atoms with Crippen molar-refractivity contribution in [3.8, 4) is 5.75 Å². The smallest absolute Gasteiger partial charge is 0.358 e. The van der Waals surface area contributed by atoms with Crippen LogP contribution in [-0.2, 0) is 16.2 Å². The number of nitrogens with zero attached hydrogens (tertiary/aromatic N) is 1. The lowest BCUT2D eigenvalue weighted by Gasteiger charge is -2.13. The van der Waals surface area contributed by atoms with Crippen LogP contribution in [0, 0.1) is 12.7 Å². The summed E-state index contributed by atoms with van der Waals surface area (Å²) in [5.74, 6) is -1.44. The van der Waals surface area contributed by atoms with E-state index in [0.717, 1.165) is 5.56 Å². The Kier molecular flexibility index (Phi) is 5.30. The van der Waals surface area contributed by atoms with Gasteiger partial charge in [-0.2, -0.15) is 0 Å². The number of oxime groups is 1. The first kappa shape index (κ1) is 16.5. The van der Waals surface area contributed by atoms with E-state index < -0.39 is 17.5 Å². The predicted molar refractivity (Wildman–Crippen MR) is 83.1 cm³/mol. The second kappa shape index (κ2) is 7.40. The van der Waals surface area contributed by atoms with Crippen LogP contribution in [0.4, 0.5) is 4.39 Å². The van der Waals surface area contributed by atoms with Crippen molar-refractivity contribution in [2.24, 2.45) is 5.16 Å². The first-order valence-corrected chi connectivity index (χ1v) is 6.85. The van der Waals surface area contributed by atoms with Gasteiger partial charge in [0.2, 0.25) is 0 Å². The van der Waals surface area contributed by atoms with Crippen LogP contribution in [0.2, 0.25) is 0 Å². The zero-order valence-corrected chi connectivity index (χ0v) is 12.7. The zero-order valence-electron chi connectivity index (χ0n) is 12.7. The van der Waals surface area contributed by atoms with Crippen LogP contribution in [0.1, 0.15) is 16.7 Å². The van der Waals surface area contributed by atoms with Crippen LogP contribution in [-0.4, -0.2) is 23.9 Å². The first-order valence-electron chi connectivity index (χ1n) is 6.85. The molecule has 0 radical (unpaired) electrons. The topological polar surface area (TPSA) is 68.1 Å². The van der Waals surface area contributed by atoms with Crippen LogP contribution >= 0.6 is 0 Å². The minimum atomic E-state index is -1.38. The van der Waals surface area contributed by atoms with Crippen molar-refractivity contribution < 1.29 is 23.9 Å². The molecule has 1 N–H and O–H groups in total. The van der Waals surface area contributed by atoms with Gasteiger partial charge in [-0.1, -0.05) is 35.5 Å². The Balaban J connectivity index is 2.36. The minimum Gasteiger partial charge on any atom is -0.489 e. The fraction of sp³-hybridized carbons (Fsp3) is 0.176. The summed E-state index contributed by atoms with van der Waals surface area (Å²) in [6, 6.07) is 11.6. The van der Waals surface area contributed by atoms with E-state index in [-0.39, 0.29) is 12.2 Å². The fourth-order valence-corrected chi connectivity index (χ4v) is 2.11. The normalized spacial score (nSPS) is 11.2. The van der Waals surface area contributed by atoms with E-state index in [1.165, 1.54) is 19.2 Å². The largest absolute Gasteiger partial charge is 0.489 e. The Labute approximate surface area is 133 Å². The van der Waals surface area contributed by atoms with Crippen LogP contribution < -0.4 is 4.74 Å². The molecule has 0 heterocycles. The molecule has 6 heteroatoms. The van der Waals surface area contributed by atoms with Crippen LogP contribution in [0.3, 0.4) is 0 Å². The molecule has 0 spiro atoms. The third-order valence-corrected chi connectivity index (χ3v) is 3.20. The molecule has 0 aromatic heterocycles. The Morgan fingerprint density at radius 3 is 2.61 bits per heavy atom.